The molecule has 0 saturated heterocycles. The third-order valence-corrected chi connectivity index (χ3v) is 6.13. The number of anilines is 1. The number of nitrogen functional groups attached to an aromatic ring is 1. The summed E-state index contributed by atoms with van der Waals surface area (Å²) in [5, 5.41) is 22.9. The molecule has 0 aliphatic heterocycles. The van der Waals surface area contributed by atoms with Crippen molar-refractivity contribution in [3.63, 3.8) is 0 Å². The Morgan fingerprint density at radius 3 is 2.35 bits per heavy atom. The summed E-state index contributed by atoms with van der Waals surface area (Å²) in [7, 11) is 0. The van der Waals surface area contributed by atoms with Crippen LogP contribution in [0.1, 0.15) is 38.5 Å². The molecule has 23 heavy (non-hydrogen) atoms. The Morgan fingerprint density at radius 2 is 1.74 bits per heavy atom. The Kier molecular flexibility index (Phi) is 2.59. The van der Waals surface area contributed by atoms with Gasteiger partial charge in [-0.15, -0.1) is 10.2 Å². The summed E-state index contributed by atoms with van der Waals surface area (Å²) in [4.78, 5) is 1.90. The van der Waals surface area contributed by atoms with Gasteiger partial charge in [-0.1, -0.05) is 0 Å². The van der Waals surface area contributed by atoms with E-state index >= 15 is 0 Å². The molecule has 1 aromatic carbocycles. The Labute approximate surface area is 134 Å². The summed E-state index contributed by atoms with van der Waals surface area (Å²) >= 11 is 0. The maximum atomic E-state index is 9.56. The molecule has 4 saturated carbocycles. The predicted octanol–water partition coefficient (Wildman–Crippen LogP) is 2.55. The van der Waals surface area contributed by atoms with Gasteiger partial charge in [0.25, 0.3) is 0 Å². The van der Waals surface area contributed by atoms with Crippen LogP contribution in [0.3, 0.4) is 0 Å². The van der Waals surface area contributed by atoms with Crippen molar-refractivity contribution >= 4 is 5.69 Å². The number of phenols is 1. The first-order valence-corrected chi connectivity index (χ1v) is 8.51. The zero-order valence-corrected chi connectivity index (χ0v) is 13.0. The third kappa shape index (κ3) is 1.97. The molecule has 6 rings (SSSR count). The number of benzene rings is 1. The van der Waals surface area contributed by atoms with E-state index < -0.39 is 0 Å². The zero-order chi connectivity index (χ0) is 15.6. The summed E-state index contributed by atoms with van der Waals surface area (Å²) in [5.74, 6) is 3.22. The second-order valence-corrected chi connectivity index (χ2v) is 7.82. The number of aromatic nitrogens is 4. The fraction of sp³-hybridized carbons (Fsp3) is 0.588. The van der Waals surface area contributed by atoms with E-state index in [2.05, 4.69) is 10.3 Å². The second kappa shape index (κ2) is 4.46. The van der Waals surface area contributed by atoms with Crippen molar-refractivity contribution in [1.29, 1.82) is 0 Å². The van der Waals surface area contributed by atoms with Gasteiger partial charge in [0, 0.05) is 5.56 Å². The van der Waals surface area contributed by atoms with Gasteiger partial charge in [0.05, 0.1) is 11.2 Å². The van der Waals surface area contributed by atoms with Crippen LogP contribution in [0, 0.1) is 17.8 Å². The van der Waals surface area contributed by atoms with Crippen LogP contribution in [0.5, 0.6) is 5.75 Å². The monoisotopic (exact) mass is 311 g/mol. The van der Waals surface area contributed by atoms with Gasteiger partial charge in [0.15, 0.2) is 0 Å². The van der Waals surface area contributed by atoms with E-state index in [1.165, 1.54) is 38.5 Å². The van der Waals surface area contributed by atoms with Crippen molar-refractivity contribution in [3.05, 3.63) is 18.2 Å². The van der Waals surface area contributed by atoms with Crippen LogP contribution in [0.4, 0.5) is 5.69 Å². The highest BCUT2D eigenvalue weighted by molar-refractivity contribution is 5.65. The minimum Gasteiger partial charge on any atom is -0.506 e. The Balaban J connectivity index is 1.51. The van der Waals surface area contributed by atoms with Crippen molar-refractivity contribution in [2.75, 3.05) is 5.73 Å². The second-order valence-electron chi connectivity index (χ2n) is 7.82. The molecule has 3 N–H and O–H groups in total. The van der Waals surface area contributed by atoms with Crippen LogP contribution in [-0.2, 0) is 5.54 Å². The third-order valence-electron chi connectivity index (χ3n) is 6.13. The lowest BCUT2D eigenvalue weighted by atomic mass is 9.53. The van der Waals surface area contributed by atoms with E-state index in [0.717, 1.165) is 23.3 Å². The van der Waals surface area contributed by atoms with Crippen molar-refractivity contribution in [2.24, 2.45) is 17.8 Å². The zero-order valence-electron chi connectivity index (χ0n) is 13.0. The molecule has 4 bridgehead atoms. The molecule has 0 spiro atoms. The number of rotatable bonds is 2. The summed E-state index contributed by atoms with van der Waals surface area (Å²) in [6.07, 6.45) is 7.80. The van der Waals surface area contributed by atoms with Crippen molar-refractivity contribution in [2.45, 2.75) is 44.1 Å². The normalized spacial score (nSPS) is 34.9. The first-order chi connectivity index (χ1) is 11.1. The largest absolute Gasteiger partial charge is 0.506 e. The van der Waals surface area contributed by atoms with E-state index in [4.69, 9.17) is 10.8 Å². The molecule has 0 amide bonds. The summed E-state index contributed by atoms with van der Waals surface area (Å²) < 4.78 is 0. The van der Waals surface area contributed by atoms with Gasteiger partial charge in [0.1, 0.15) is 5.75 Å². The van der Waals surface area contributed by atoms with Crippen LogP contribution in [0.2, 0.25) is 0 Å². The predicted molar refractivity (Wildman–Crippen MR) is 85.5 cm³/mol. The van der Waals surface area contributed by atoms with E-state index in [9.17, 15) is 5.11 Å². The van der Waals surface area contributed by atoms with E-state index in [-0.39, 0.29) is 11.3 Å². The average Bonchev–Trinajstić information content (AvgIpc) is 2.99. The number of nitrogens with zero attached hydrogens (tertiary/aromatic N) is 4. The lowest BCUT2D eigenvalue weighted by Gasteiger charge is -2.55. The van der Waals surface area contributed by atoms with Crippen molar-refractivity contribution in [3.8, 4) is 17.1 Å². The molecule has 2 aromatic rings. The highest BCUT2D eigenvalue weighted by Crippen LogP contribution is 2.58. The smallest absolute Gasteiger partial charge is 0.205 e. The van der Waals surface area contributed by atoms with Crippen molar-refractivity contribution in [1.82, 2.24) is 20.2 Å². The number of aromatic hydroxyl groups is 1. The Morgan fingerprint density at radius 1 is 1.09 bits per heavy atom. The summed E-state index contributed by atoms with van der Waals surface area (Å²) in [6, 6.07) is 5.07. The SMILES string of the molecule is Nc1cc(-c2nnn(C34CC5CC(CC(C5)C3)C4)n2)ccc1O. The highest BCUT2D eigenvalue weighted by atomic mass is 16.3. The van der Waals surface area contributed by atoms with Crippen LogP contribution >= 0.6 is 0 Å². The quantitative estimate of drug-likeness (QED) is 0.657. The molecular weight excluding hydrogens is 290 g/mol. The number of tetrazole rings is 1. The minimum absolute atomic E-state index is 0.0854. The standard InChI is InChI=1S/C17H21N5O/c18-14-6-13(1-2-15(14)23)16-19-21-22(20-16)17-7-10-3-11(8-17)5-12(4-10)9-17/h1-2,6,10-12,23H,3-5,7-9,18H2. The molecule has 0 radical (unpaired) electrons. The minimum atomic E-state index is 0.0854. The van der Waals surface area contributed by atoms with E-state index in [1.807, 2.05) is 4.80 Å². The molecule has 4 aliphatic carbocycles. The molecule has 6 heteroatoms. The molecule has 1 aromatic heterocycles. The first kappa shape index (κ1) is 13.3. The van der Waals surface area contributed by atoms with Crippen LogP contribution < -0.4 is 5.73 Å². The first-order valence-electron chi connectivity index (χ1n) is 8.51. The fourth-order valence-corrected chi connectivity index (χ4v) is 5.53. The molecule has 0 atom stereocenters. The number of hydrogen-bond donors (Lipinski definition) is 2. The highest BCUT2D eigenvalue weighted by Gasteiger charge is 2.53. The van der Waals surface area contributed by atoms with E-state index in [1.54, 1.807) is 18.2 Å². The molecular formula is C17H21N5O. The maximum absolute atomic E-state index is 9.56. The summed E-state index contributed by atoms with van der Waals surface area (Å²) in [5.41, 5.74) is 7.01. The number of hydrogen-bond acceptors (Lipinski definition) is 5. The Bertz CT molecular complexity index is 733. The molecule has 6 nitrogen and oxygen atoms in total. The van der Waals surface area contributed by atoms with Gasteiger partial charge in [-0.2, -0.15) is 4.80 Å². The Hall–Kier alpha value is -2.11. The van der Waals surface area contributed by atoms with Crippen molar-refractivity contribution < 1.29 is 5.11 Å². The van der Waals surface area contributed by atoms with Gasteiger partial charge in [-0.25, -0.2) is 0 Å². The molecule has 4 fully saturated rings. The fourth-order valence-electron chi connectivity index (χ4n) is 5.53. The van der Waals surface area contributed by atoms with Crippen LogP contribution in [-0.4, -0.2) is 25.3 Å². The van der Waals surface area contributed by atoms with Gasteiger partial charge in [-0.3, -0.25) is 0 Å². The average molecular weight is 311 g/mol. The van der Waals surface area contributed by atoms with Crippen LogP contribution in [0.15, 0.2) is 18.2 Å². The molecule has 120 valence electrons. The van der Waals surface area contributed by atoms with Gasteiger partial charge < -0.3 is 10.8 Å². The number of phenolic OH excluding ortho intramolecular Hbond substituents is 1. The lowest BCUT2D eigenvalue weighted by Crippen LogP contribution is -2.52. The summed E-state index contributed by atoms with van der Waals surface area (Å²) in [6.45, 7) is 0. The topological polar surface area (TPSA) is 89.9 Å². The molecule has 0 unspecified atom stereocenters. The molecule has 4 aliphatic rings. The molecule has 1 heterocycles. The van der Waals surface area contributed by atoms with Gasteiger partial charge in [0.2, 0.25) is 5.82 Å². The number of nitrogens with two attached hydrogens (primary N) is 1. The van der Waals surface area contributed by atoms with Crippen LogP contribution in [0.25, 0.3) is 11.4 Å². The lowest BCUT2D eigenvalue weighted by molar-refractivity contribution is -0.0573. The van der Waals surface area contributed by atoms with Gasteiger partial charge >= 0.3 is 0 Å². The maximum Gasteiger partial charge on any atom is 0.205 e. The van der Waals surface area contributed by atoms with Gasteiger partial charge in [-0.05, 0) is 79.7 Å². The van der Waals surface area contributed by atoms with E-state index in [0.29, 0.717) is 11.5 Å².